The molecule has 2 rings (SSSR count). The number of amides is 2. The van der Waals surface area contributed by atoms with Crippen molar-refractivity contribution >= 4 is 11.8 Å². The molecule has 0 saturated carbocycles. The zero-order valence-corrected chi connectivity index (χ0v) is 11.2. The second kappa shape index (κ2) is 6.19. The Morgan fingerprint density at radius 1 is 1.33 bits per heavy atom. The molecule has 1 aliphatic heterocycles. The van der Waals surface area contributed by atoms with Crippen LogP contribution in [0.5, 0.6) is 0 Å². The largest absolute Gasteiger partial charge is 0.471 e. The first-order valence-electron chi connectivity index (χ1n) is 6.54. The number of hydrogen-bond acceptors (Lipinski definition) is 3. The lowest BCUT2D eigenvalue weighted by Crippen LogP contribution is -2.47. The Hall–Kier alpha value is -1.99. The Labute approximate surface area is 119 Å². The molecule has 0 spiro atoms. The highest BCUT2D eigenvalue weighted by molar-refractivity contribution is 5.83. The second-order valence-corrected chi connectivity index (χ2v) is 4.86. The highest BCUT2D eigenvalue weighted by atomic mass is 19.4. The zero-order chi connectivity index (χ0) is 15.5. The maximum atomic E-state index is 12.3. The van der Waals surface area contributed by atoms with Crippen molar-refractivity contribution in [1.82, 2.24) is 10.2 Å². The number of nitrogens with zero attached hydrogens (tertiary/aromatic N) is 1. The SMILES string of the molecule is O=C(NCc1ccco1)C1CCN(C(=O)C(F)(F)F)CC1. The molecule has 0 bridgehead atoms. The minimum Gasteiger partial charge on any atom is -0.467 e. The van der Waals surface area contributed by atoms with E-state index < -0.39 is 12.1 Å². The molecule has 0 radical (unpaired) electrons. The number of piperidine rings is 1. The first kappa shape index (κ1) is 15.4. The van der Waals surface area contributed by atoms with Crippen LogP contribution in [0.15, 0.2) is 22.8 Å². The summed E-state index contributed by atoms with van der Waals surface area (Å²) in [5.41, 5.74) is 0. The second-order valence-electron chi connectivity index (χ2n) is 4.86. The van der Waals surface area contributed by atoms with Crippen LogP contribution in [0.4, 0.5) is 13.2 Å². The van der Waals surface area contributed by atoms with Crippen molar-refractivity contribution in [2.75, 3.05) is 13.1 Å². The van der Waals surface area contributed by atoms with Crippen molar-refractivity contribution in [3.8, 4) is 0 Å². The summed E-state index contributed by atoms with van der Waals surface area (Å²) >= 11 is 0. The van der Waals surface area contributed by atoms with Gasteiger partial charge in [-0.1, -0.05) is 0 Å². The molecule has 116 valence electrons. The fourth-order valence-electron chi connectivity index (χ4n) is 2.26. The Bertz CT molecular complexity index is 491. The lowest BCUT2D eigenvalue weighted by molar-refractivity contribution is -0.186. The van der Waals surface area contributed by atoms with Crippen molar-refractivity contribution in [2.24, 2.45) is 5.92 Å². The van der Waals surface area contributed by atoms with E-state index in [1.54, 1.807) is 12.1 Å². The van der Waals surface area contributed by atoms with Gasteiger partial charge in [0.2, 0.25) is 5.91 Å². The van der Waals surface area contributed by atoms with E-state index in [1.807, 2.05) is 0 Å². The van der Waals surface area contributed by atoms with Gasteiger partial charge in [0.15, 0.2) is 0 Å². The summed E-state index contributed by atoms with van der Waals surface area (Å²) in [6, 6.07) is 3.41. The molecule has 1 N–H and O–H groups in total. The van der Waals surface area contributed by atoms with Crippen LogP contribution in [0.25, 0.3) is 0 Å². The van der Waals surface area contributed by atoms with Crippen LogP contribution in [0.1, 0.15) is 18.6 Å². The lowest BCUT2D eigenvalue weighted by atomic mass is 9.96. The molecule has 8 heteroatoms. The number of hydrogen-bond donors (Lipinski definition) is 1. The maximum absolute atomic E-state index is 12.3. The molecule has 21 heavy (non-hydrogen) atoms. The van der Waals surface area contributed by atoms with Crippen molar-refractivity contribution in [3.05, 3.63) is 24.2 Å². The number of halogens is 3. The quantitative estimate of drug-likeness (QED) is 0.924. The molecular weight excluding hydrogens is 289 g/mol. The van der Waals surface area contributed by atoms with Gasteiger partial charge in [0.05, 0.1) is 12.8 Å². The van der Waals surface area contributed by atoms with E-state index in [2.05, 4.69) is 5.32 Å². The summed E-state index contributed by atoms with van der Waals surface area (Å²) < 4.78 is 41.9. The van der Waals surface area contributed by atoms with E-state index in [4.69, 9.17) is 4.42 Å². The molecule has 2 amide bonds. The first-order valence-corrected chi connectivity index (χ1v) is 6.54. The standard InChI is InChI=1S/C13H15F3N2O3/c14-13(15,16)12(20)18-5-3-9(4-6-18)11(19)17-8-10-2-1-7-21-10/h1-2,7,9H,3-6,8H2,(H,17,19). The third-order valence-corrected chi connectivity index (χ3v) is 3.41. The molecule has 5 nitrogen and oxygen atoms in total. The highest BCUT2D eigenvalue weighted by Crippen LogP contribution is 2.24. The summed E-state index contributed by atoms with van der Waals surface area (Å²) in [7, 11) is 0. The molecule has 0 aromatic carbocycles. The third-order valence-electron chi connectivity index (χ3n) is 3.41. The molecule has 0 unspecified atom stereocenters. The van der Waals surface area contributed by atoms with E-state index in [9.17, 15) is 22.8 Å². The monoisotopic (exact) mass is 304 g/mol. The number of alkyl halides is 3. The first-order chi connectivity index (χ1) is 9.88. The van der Waals surface area contributed by atoms with Gasteiger partial charge in [0.1, 0.15) is 5.76 Å². The fourth-order valence-corrected chi connectivity index (χ4v) is 2.26. The fraction of sp³-hybridized carbons (Fsp3) is 0.538. The van der Waals surface area contributed by atoms with E-state index in [1.165, 1.54) is 6.26 Å². The van der Waals surface area contributed by atoms with Crippen molar-refractivity contribution in [2.45, 2.75) is 25.6 Å². The molecule has 1 fully saturated rings. The molecule has 0 atom stereocenters. The summed E-state index contributed by atoms with van der Waals surface area (Å²) in [5, 5.41) is 2.67. The molecule has 1 aliphatic rings. The topological polar surface area (TPSA) is 62.6 Å². The predicted octanol–water partition coefficient (Wildman–Crippen LogP) is 1.70. The van der Waals surface area contributed by atoms with Crippen molar-refractivity contribution in [3.63, 3.8) is 0 Å². The zero-order valence-electron chi connectivity index (χ0n) is 11.2. The van der Waals surface area contributed by atoms with Crippen LogP contribution < -0.4 is 5.32 Å². The molecule has 2 heterocycles. The molecular formula is C13H15F3N2O3. The van der Waals surface area contributed by atoms with Gasteiger partial charge in [-0.05, 0) is 25.0 Å². The lowest BCUT2D eigenvalue weighted by Gasteiger charge is -2.31. The van der Waals surface area contributed by atoms with Crippen molar-refractivity contribution < 1.29 is 27.2 Å². The average Bonchev–Trinajstić information content (AvgIpc) is 2.96. The van der Waals surface area contributed by atoms with E-state index in [-0.39, 0.29) is 44.3 Å². The van der Waals surface area contributed by atoms with Crippen LogP contribution in [0.2, 0.25) is 0 Å². The minimum atomic E-state index is -4.85. The molecule has 1 saturated heterocycles. The number of likely N-dealkylation sites (tertiary alicyclic amines) is 1. The predicted molar refractivity (Wildman–Crippen MR) is 65.9 cm³/mol. The van der Waals surface area contributed by atoms with Gasteiger partial charge in [-0.2, -0.15) is 13.2 Å². The van der Waals surface area contributed by atoms with Gasteiger partial charge in [0.25, 0.3) is 0 Å². The van der Waals surface area contributed by atoms with Gasteiger partial charge in [-0.25, -0.2) is 0 Å². The van der Waals surface area contributed by atoms with E-state index in [0.29, 0.717) is 5.76 Å². The number of carbonyl (C=O) groups excluding carboxylic acids is 2. The Kier molecular flexibility index (Phi) is 4.54. The Balaban J connectivity index is 1.78. The molecule has 1 aromatic heterocycles. The van der Waals surface area contributed by atoms with Crippen molar-refractivity contribution in [1.29, 1.82) is 0 Å². The van der Waals surface area contributed by atoms with E-state index in [0.717, 1.165) is 4.90 Å². The summed E-state index contributed by atoms with van der Waals surface area (Å²) in [5.74, 6) is -1.84. The maximum Gasteiger partial charge on any atom is 0.471 e. The van der Waals surface area contributed by atoms with Crippen LogP contribution in [0.3, 0.4) is 0 Å². The van der Waals surface area contributed by atoms with E-state index >= 15 is 0 Å². The third kappa shape index (κ3) is 3.99. The van der Waals surface area contributed by atoms with Crippen LogP contribution in [-0.4, -0.2) is 36.0 Å². The number of rotatable bonds is 3. The Morgan fingerprint density at radius 2 is 2.00 bits per heavy atom. The summed E-state index contributed by atoms with van der Waals surface area (Å²) in [6.07, 6.45) is -2.91. The van der Waals surface area contributed by atoms with Gasteiger partial charge in [0, 0.05) is 19.0 Å². The summed E-state index contributed by atoms with van der Waals surface area (Å²) in [6.45, 7) is 0.127. The summed E-state index contributed by atoms with van der Waals surface area (Å²) in [4.78, 5) is 23.7. The van der Waals surface area contributed by atoms with Crippen LogP contribution >= 0.6 is 0 Å². The number of nitrogens with one attached hydrogen (secondary N) is 1. The van der Waals surface area contributed by atoms with Gasteiger partial charge in [-0.15, -0.1) is 0 Å². The Morgan fingerprint density at radius 3 is 2.52 bits per heavy atom. The normalized spacial score (nSPS) is 16.8. The van der Waals surface area contributed by atoms with Crippen LogP contribution in [-0.2, 0) is 16.1 Å². The number of furan rings is 1. The smallest absolute Gasteiger partial charge is 0.467 e. The minimum absolute atomic E-state index is 0.0584. The molecule has 1 aromatic rings. The highest BCUT2D eigenvalue weighted by Gasteiger charge is 2.43. The van der Waals surface area contributed by atoms with Gasteiger partial charge in [-0.3, -0.25) is 9.59 Å². The van der Waals surface area contributed by atoms with Crippen LogP contribution in [0, 0.1) is 5.92 Å². The number of carbonyl (C=O) groups is 2. The molecule has 0 aliphatic carbocycles. The van der Waals surface area contributed by atoms with Gasteiger partial charge < -0.3 is 14.6 Å². The van der Waals surface area contributed by atoms with Gasteiger partial charge >= 0.3 is 12.1 Å². The average molecular weight is 304 g/mol.